The molecule has 0 saturated heterocycles. The summed E-state index contributed by atoms with van der Waals surface area (Å²) in [5.74, 6) is -0.432. The van der Waals surface area contributed by atoms with Gasteiger partial charge >= 0.3 is 6.18 Å². The number of anilines is 1. The number of carbonyl (C=O) groups is 1. The first kappa shape index (κ1) is 20.2. The fraction of sp³-hybridized carbons (Fsp3) is 0.273. The molecule has 0 aliphatic carbocycles. The summed E-state index contributed by atoms with van der Waals surface area (Å²) in [7, 11) is 1.68. The molecule has 32 heavy (non-hydrogen) atoms. The lowest BCUT2D eigenvalue weighted by atomic mass is 10.1. The van der Waals surface area contributed by atoms with Crippen molar-refractivity contribution in [3.63, 3.8) is 0 Å². The van der Waals surface area contributed by atoms with Crippen molar-refractivity contribution in [2.45, 2.75) is 32.5 Å². The Balaban J connectivity index is 1.71. The van der Waals surface area contributed by atoms with Crippen LogP contribution in [0.25, 0.3) is 16.9 Å². The molecule has 1 atom stereocenters. The molecule has 0 fully saturated rings. The molecule has 3 aromatic heterocycles. The van der Waals surface area contributed by atoms with E-state index in [2.05, 4.69) is 15.2 Å². The van der Waals surface area contributed by atoms with Crippen molar-refractivity contribution >= 4 is 17.2 Å². The number of amides is 1. The number of benzene rings is 1. The summed E-state index contributed by atoms with van der Waals surface area (Å²) in [4.78, 5) is 19.5. The van der Waals surface area contributed by atoms with E-state index in [1.807, 2.05) is 31.2 Å². The number of aryl methyl sites for hydroxylation is 2. The van der Waals surface area contributed by atoms with E-state index in [1.165, 1.54) is 4.68 Å². The Bertz CT molecular complexity index is 1370. The van der Waals surface area contributed by atoms with Crippen LogP contribution < -0.4 is 4.90 Å². The van der Waals surface area contributed by atoms with Gasteiger partial charge in [0.05, 0.1) is 17.6 Å². The second kappa shape index (κ2) is 6.91. The molecule has 4 aromatic rings. The zero-order valence-corrected chi connectivity index (χ0v) is 17.6. The van der Waals surface area contributed by atoms with Gasteiger partial charge in [-0.25, -0.2) is 9.50 Å². The van der Waals surface area contributed by atoms with E-state index in [0.29, 0.717) is 22.2 Å². The van der Waals surface area contributed by atoms with Gasteiger partial charge in [-0.05, 0) is 38.0 Å². The minimum absolute atomic E-state index is 0.0162. The van der Waals surface area contributed by atoms with Gasteiger partial charge in [0.1, 0.15) is 5.56 Å². The van der Waals surface area contributed by atoms with Crippen molar-refractivity contribution in [1.82, 2.24) is 24.4 Å². The van der Waals surface area contributed by atoms with Crippen molar-refractivity contribution in [1.29, 1.82) is 0 Å². The highest BCUT2D eigenvalue weighted by Gasteiger charge is 2.38. The van der Waals surface area contributed by atoms with Gasteiger partial charge in [0.15, 0.2) is 11.3 Å². The second-order valence-electron chi connectivity index (χ2n) is 7.98. The average Bonchev–Trinajstić information content (AvgIpc) is 3.39. The standard InChI is InChI=1S/C22H19F3N6O/c1-12-8-14-6-4-5-7-18(14)30(12)21(32)15-10-26-31-19(22(23,24)25)9-17(27-20(15)31)16-11-29(3)28-13(16)2/h4-7,9-12H,8H2,1-3H3/t12-/m0/s1. The topological polar surface area (TPSA) is 68.3 Å². The van der Waals surface area contributed by atoms with Crippen LogP contribution in [0.5, 0.6) is 0 Å². The number of fused-ring (bicyclic) bond motifs is 2. The summed E-state index contributed by atoms with van der Waals surface area (Å²) in [6.45, 7) is 3.60. The van der Waals surface area contributed by atoms with Crippen LogP contribution in [0.3, 0.4) is 0 Å². The Kier molecular flexibility index (Phi) is 4.37. The van der Waals surface area contributed by atoms with Crippen molar-refractivity contribution in [2.75, 3.05) is 4.90 Å². The number of hydrogen-bond acceptors (Lipinski definition) is 4. The molecular formula is C22H19F3N6O. The number of carbonyl (C=O) groups excluding carboxylic acids is 1. The monoisotopic (exact) mass is 440 g/mol. The number of hydrogen-bond donors (Lipinski definition) is 0. The van der Waals surface area contributed by atoms with Gasteiger partial charge in [0, 0.05) is 30.5 Å². The maximum atomic E-state index is 13.9. The summed E-state index contributed by atoms with van der Waals surface area (Å²) >= 11 is 0. The van der Waals surface area contributed by atoms with Gasteiger partial charge in [-0.1, -0.05) is 18.2 Å². The molecule has 1 amide bonds. The lowest BCUT2D eigenvalue weighted by Crippen LogP contribution is -2.35. The molecule has 0 spiro atoms. The van der Waals surface area contributed by atoms with Gasteiger partial charge in [0.25, 0.3) is 5.91 Å². The van der Waals surface area contributed by atoms with Crippen molar-refractivity contribution in [3.8, 4) is 11.3 Å². The molecule has 0 N–H and O–H groups in total. The summed E-state index contributed by atoms with van der Waals surface area (Å²) in [5.41, 5.74) is 1.71. The van der Waals surface area contributed by atoms with E-state index in [-0.39, 0.29) is 22.9 Å². The largest absolute Gasteiger partial charge is 0.433 e. The number of aromatic nitrogens is 5. The summed E-state index contributed by atoms with van der Waals surface area (Å²) in [5, 5.41) is 8.09. The lowest BCUT2D eigenvalue weighted by Gasteiger charge is -2.22. The number of para-hydroxylation sites is 1. The molecule has 0 saturated carbocycles. The summed E-state index contributed by atoms with van der Waals surface area (Å²) in [6.07, 6.45) is -1.26. The van der Waals surface area contributed by atoms with Crippen LogP contribution in [0.1, 0.15) is 34.2 Å². The van der Waals surface area contributed by atoms with E-state index in [4.69, 9.17) is 0 Å². The average molecular weight is 440 g/mol. The Hall–Kier alpha value is -3.69. The van der Waals surface area contributed by atoms with Crippen LogP contribution in [0, 0.1) is 6.92 Å². The van der Waals surface area contributed by atoms with E-state index in [9.17, 15) is 18.0 Å². The molecule has 1 aliphatic heterocycles. The molecule has 0 unspecified atom stereocenters. The van der Waals surface area contributed by atoms with E-state index in [1.54, 1.807) is 25.1 Å². The Morgan fingerprint density at radius 1 is 1.22 bits per heavy atom. The molecule has 7 nitrogen and oxygen atoms in total. The molecule has 0 bridgehead atoms. The third-order valence-electron chi connectivity index (χ3n) is 5.71. The highest BCUT2D eigenvalue weighted by molar-refractivity contribution is 6.11. The lowest BCUT2D eigenvalue weighted by molar-refractivity contribution is -0.142. The molecule has 10 heteroatoms. The van der Waals surface area contributed by atoms with Crippen LogP contribution >= 0.6 is 0 Å². The fourth-order valence-corrected chi connectivity index (χ4v) is 4.31. The minimum atomic E-state index is -4.69. The first-order valence-corrected chi connectivity index (χ1v) is 10.0. The predicted molar refractivity (Wildman–Crippen MR) is 111 cm³/mol. The Labute approximate surface area is 181 Å². The van der Waals surface area contributed by atoms with Crippen LogP contribution in [0.4, 0.5) is 18.9 Å². The molecule has 1 aliphatic rings. The summed E-state index contributed by atoms with van der Waals surface area (Å²) in [6, 6.07) is 8.30. The van der Waals surface area contributed by atoms with Crippen LogP contribution in [-0.2, 0) is 19.6 Å². The van der Waals surface area contributed by atoms with Gasteiger partial charge in [0.2, 0.25) is 0 Å². The van der Waals surface area contributed by atoms with Crippen molar-refractivity contribution in [3.05, 3.63) is 65.2 Å². The van der Waals surface area contributed by atoms with Crippen molar-refractivity contribution < 1.29 is 18.0 Å². The quantitative estimate of drug-likeness (QED) is 0.472. The Morgan fingerprint density at radius 2 is 1.97 bits per heavy atom. The minimum Gasteiger partial charge on any atom is -0.305 e. The first-order valence-electron chi connectivity index (χ1n) is 10.0. The maximum Gasteiger partial charge on any atom is 0.433 e. The fourth-order valence-electron chi connectivity index (χ4n) is 4.31. The normalized spacial score (nSPS) is 16.1. The van der Waals surface area contributed by atoms with Gasteiger partial charge < -0.3 is 4.90 Å². The third kappa shape index (κ3) is 3.05. The second-order valence-corrected chi connectivity index (χ2v) is 7.98. The van der Waals surface area contributed by atoms with E-state index >= 15 is 0 Å². The zero-order valence-electron chi connectivity index (χ0n) is 17.6. The molecule has 4 heterocycles. The van der Waals surface area contributed by atoms with Gasteiger partial charge in [-0.3, -0.25) is 9.48 Å². The predicted octanol–water partition coefficient (Wildman–Crippen LogP) is 4.05. The highest BCUT2D eigenvalue weighted by atomic mass is 19.4. The number of rotatable bonds is 2. The third-order valence-corrected chi connectivity index (χ3v) is 5.71. The van der Waals surface area contributed by atoms with E-state index in [0.717, 1.165) is 23.5 Å². The zero-order chi connectivity index (χ0) is 22.8. The van der Waals surface area contributed by atoms with Crippen LogP contribution in [-0.4, -0.2) is 36.3 Å². The molecule has 5 rings (SSSR count). The van der Waals surface area contributed by atoms with Crippen molar-refractivity contribution in [2.24, 2.45) is 7.05 Å². The molecule has 0 radical (unpaired) electrons. The van der Waals surface area contributed by atoms with Gasteiger partial charge in [-0.2, -0.15) is 23.4 Å². The molecule has 164 valence electrons. The smallest absolute Gasteiger partial charge is 0.305 e. The maximum absolute atomic E-state index is 13.9. The molecule has 1 aromatic carbocycles. The number of nitrogens with zero attached hydrogens (tertiary/aromatic N) is 6. The van der Waals surface area contributed by atoms with Gasteiger partial charge in [-0.15, -0.1) is 0 Å². The SMILES string of the molecule is Cc1nn(C)cc1-c1cc(C(F)(F)F)n2ncc(C(=O)N3c4ccccc4C[C@@H]3C)c2n1. The number of alkyl halides is 3. The van der Waals surface area contributed by atoms with Crippen LogP contribution in [0.2, 0.25) is 0 Å². The number of halogens is 3. The van der Waals surface area contributed by atoms with E-state index < -0.39 is 17.8 Å². The first-order chi connectivity index (χ1) is 15.1. The Morgan fingerprint density at radius 3 is 2.66 bits per heavy atom. The highest BCUT2D eigenvalue weighted by Crippen LogP contribution is 2.36. The summed E-state index contributed by atoms with van der Waals surface area (Å²) < 4.78 is 43.9. The molecular weight excluding hydrogens is 421 g/mol. The van der Waals surface area contributed by atoms with Crippen LogP contribution in [0.15, 0.2) is 42.7 Å².